The van der Waals surface area contributed by atoms with Crippen LogP contribution >= 0.6 is 11.8 Å². The third-order valence-corrected chi connectivity index (χ3v) is 4.27. The topological polar surface area (TPSA) is 46.9 Å². The van der Waals surface area contributed by atoms with E-state index >= 15 is 0 Å². The van der Waals surface area contributed by atoms with Gasteiger partial charge in [-0.05, 0) is 31.5 Å². The monoisotopic (exact) mass is 307 g/mol. The zero-order valence-corrected chi connectivity index (χ0v) is 13.1. The second kappa shape index (κ2) is 6.76. The van der Waals surface area contributed by atoms with E-state index in [0.717, 1.165) is 11.3 Å². The summed E-state index contributed by atoms with van der Waals surface area (Å²) in [5.74, 6) is 0.702. The van der Waals surface area contributed by atoms with Crippen LogP contribution in [0, 0.1) is 12.7 Å². The Balaban J connectivity index is 1.86. The number of anilines is 1. The van der Waals surface area contributed by atoms with Crippen molar-refractivity contribution in [3.63, 3.8) is 0 Å². The van der Waals surface area contributed by atoms with Gasteiger partial charge in [-0.3, -0.25) is 9.48 Å². The summed E-state index contributed by atoms with van der Waals surface area (Å²) in [7, 11) is 1.79. The lowest BCUT2D eigenvalue weighted by molar-refractivity contribution is -0.113. The highest BCUT2D eigenvalue weighted by atomic mass is 32.2. The molecule has 1 atom stereocenters. The average Bonchev–Trinajstić information content (AvgIpc) is 2.75. The van der Waals surface area contributed by atoms with Gasteiger partial charge < -0.3 is 5.32 Å². The molecule has 1 heterocycles. The van der Waals surface area contributed by atoms with Gasteiger partial charge in [-0.2, -0.15) is 5.10 Å². The molecule has 0 saturated heterocycles. The first kappa shape index (κ1) is 15.6. The van der Waals surface area contributed by atoms with Gasteiger partial charge in [0.15, 0.2) is 0 Å². The first-order valence-electron chi connectivity index (χ1n) is 6.63. The summed E-state index contributed by atoms with van der Waals surface area (Å²) in [6, 6.07) is 8.19. The lowest BCUT2D eigenvalue weighted by Gasteiger charge is -2.11. The maximum absolute atomic E-state index is 12.9. The van der Waals surface area contributed by atoms with E-state index in [1.165, 1.54) is 23.9 Å². The summed E-state index contributed by atoms with van der Waals surface area (Å²) in [4.78, 5) is 11.9. The van der Waals surface area contributed by atoms with Gasteiger partial charge in [-0.25, -0.2) is 4.39 Å². The van der Waals surface area contributed by atoms with Gasteiger partial charge in [0.2, 0.25) is 5.91 Å². The Kier molecular flexibility index (Phi) is 5.01. The Hall–Kier alpha value is -1.82. The maximum atomic E-state index is 12.9. The van der Waals surface area contributed by atoms with Crippen molar-refractivity contribution in [1.82, 2.24) is 9.78 Å². The van der Waals surface area contributed by atoms with Crippen LogP contribution < -0.4 is 5.32 Å². The molecule has 4 nitrogen and oxygen atoms in total. The summed E-state index contributed by atoms with van der Waals surface area (Å²) < 4.78 is 14.5. The van der Waals surface area contributed by atoms with Crippen molar-refractivity contribution in [2.24, 2.45) is 7.05 Å². The zero-order chi connectivity index (χ0) is 15.4. The molecule has 112 valence electrons. The van der Waals surface area contributed by atoms with Gasteiger partial charge in [-0.1, -0.05) is 12.1 Å². The Morgan fingerprint density at radius 2 is 2.10 bits per heavy atom. The molecule has 0 aliphatic carbocycles. The number of aromatic nitrogens is 2. The molecule has 1 aromatic carbocycles. The number of aryl methyl sites for hydroxylation is 2. The van der Waals surface area contributed by atoms with Crippen molar-refractivity contribution in [3.8, 4) is 0 Å². The Labute approximate surface area is 127 Å². The molecule has 0 bridgehead atoms. The number of nitrogens with one attached hydrogen (secondary N) is 1. The van der Waals surface area contributed by atoms with Crippen LogP contribution in [0.3, 0.4) is 0 Å². The highest BCUT2D eigenvalue weighted by Gasteiger charge is 2.11. The lowest BCUT2D eigenvalue weighted by atomic mass is 10.2. The van der Waals surface area contributed by atoms with Gasteiger partial charge in [0.25, 0.3) is 0 Å². The van der Waals surface area contributed by atoms with Crippen LogP contribution in [-0.2, 0) is 11.8 Å². The van der Waals surface area contributed by atoms with Crippen LogP contribution in [0.2, 0.25) is 0 Å². The zero-order valence-electron chi connectivity index (χ0n) is 12.3. The number of hydrogen-bond donors (Lipinski definition) is 1. The van der Waals surface area contributed by atoms with Gasteiger partial charge in [0.05, 0.1) is 11.4 Å². The third-order valence-electron chi connectivity index (χ3n) is 3.07. The largest absolute Gasteiger partial charge is 0.310 e. The van der Waals surface area contributed by atoms with Crippen LogP contribution in [0.25, 0.3) is 0 Å². The molecule has 1 amide bonds. The van der Waals surface area contributed by atoms with E-state index in [1.54, 1.807) is 23.9 Å². The number of carbonyl (C=O) groups is 1. The van der Waals surface area contributed by atoms with Gasteiger partial charge in [0, 0.05) is 18.4 Å². The average molecular weight is 307 g/mol. The number of thioether (sulfide) groups is 1. The normalized spacial score (nSPS) is 12.2. The molecule has 2 aromatic rings. The minimum atomic E-state index is -0.250. The molecule has 0 saturated carbocycles. The van der Waals surface area contributed by atoms with E-state index in [1.807, 2.05) is 19.9 Å². The molecule has 0 fully saturated rings. The number of amides is 1. The first-order chi connectivity index (χ1) is 9.95. The Bertz CT molecular complexity index is 624. The highest BCUT2D eigenvalue weighted by molar-refractivity contribution is 8.00. The van der Waals surface area contributed by atoms with E-state index in [-0.39, 0.29) is 17.0 Å². The fourth-order valence-electron chi connectivity index (χ4n) is 1.94. The molecule has 21 heavy (non-hydrogen) atoms. The SMILES string of the molecule is Cc1cc(NC(=O)CS[C@@H](C)c2ccc(F)cc2)n(C)n1. The van der Waals surface area contributed by atoms with Crippen LogP contribution in [0.5, 0.6) is 0 Å². The summed E-state index contributed by atoms with van der Waals surface area (Å²) >= 11 is 1.51. The van der Waals surface area contributed by atoms with Crippen molar-refractivity contribution < 1.29 is 9.18 Å². The van der Waals surface area contributed by atoms with Crippen LogP contribution in [0.1, 0.15) is 23.4 Å². The fourth-order valence-corrected chi connectivity index (χ4v) is 2.76. The van der Waals surface area contributed by atoms with Crippen LogP contribution in [0.4, 0.5) is 10.2 Å². The molecule has 0 unspecified atom stereocenters. The summed E-state index contributed by atoms with van der Waals surface area (Å²) in [5.41, 5.74) is 1.87. The molecule has 1 aromatic heterocycles. The molecular weight excluding hydrogens is 289 g/mol. The van der Waals surface area contributed by atoms with E-state index in [0.29, 0.717) is 11.6 Å². The smallest absolute Gasteiger partial charge is 0.235 e. The van der Waals surface area contributed by atoms with Gasteiger partial charge >= 0.3 is 0 Å². The molecule has 1 N–H and O–H groups in total. The van der Waals surface area contributed by atoms with E-state index < -0.39 is 0 Å². The minimum absolute atomic E-state index is 0.0723. The fraction of sp³-hybridized carbons (Fsp3) is 0.333. The second-order valence-electron chi connectivity index (χ2n) is 4.85. The minimum Gasteiger partial charge on any atom is -0.310 e. The van der Waals surface area contributed by atoms with Crippen molar-refractivity contribution in [2.75, 3.05) is 11.1 Å². The summed E-state index contributed by atoms with van der Waals surface area (Å²) in [6.07, 6.45) is 0. The first-order valence-corrected chi connectivity index (χ1v) is 7.68. The van der Waals surface area contributed by atoms with Crippen molar-refractivity contribution in [2.45, 2.75) is 19.1 Å². The molecular formula is C15H18FN3OS. The molecule has 0 aliphatic heterocycles. The molecule has 0 aliphatic rings. The Morgan fingerprint density at radius 3 is 2.67 bits per heavy atom. The Morgan fingerprint density at radius 1 is 1.43 bits per heavy atom. The molecule has 0 radical (unpaired) electrons. The number of nitrogens with zero attached hydrogens (tertiary/aromatic N) is 2. The van der Waals surface area contributed by atoms with Gasteiger partial charge in [-0.15, -0.1) is 11.8 Å². The van der Waals surface area contributed by atoms with Crippen LogP contribution in [0.15, 0.2) is 30.3 Å². The second-order valence-corrected chi connectivity index (χ2v) is 6.18. The molecule has 6 heteroatoms. The predicted octanol–water partition coefficient (Wildman–Crippen LogP) is 3.30. The van der Waals surface area contributed by atoms with E-state index in [9.17, 15) is 9.18 Å². The summed E-state index contributed by atoms with van der Waals surface area (Å²) in [5, 5.41) is 7.13. The van der Waals surface area contributed by atoms with E-state index in [2.05, 4.69) is 10.4 Å². The number of hydrogen-bond acceptors (Lipinski definition) is 3. The highest BCUT2D eigenvalue weighted by Crippen LogP contribution is 2.28. The number of benzene rings is 1. The van der Waals surface area contributed by atoms with Crippen molar-refractivity contribution in [3.05, 3.63) is 47.4 Å². The molecule has 2 rings (SSSR count). The van der Waals surface area contributed by atoms with Gasteiger partial charge in [0.1, 0.15) is 11.6 Å². The van der Waals surface area contributed by atoms with Crippen molar-refractivity contribution in [1.29, 1.82) is 0 Å². The van der Waals surface area contributed by atoms with E-state index in [4.69, 9.17) is 0 Å². The number of carbonyl (C=O) groups excluding carboxylic acids is 1. The van der Waals surface area contributed by atoms with Crippen LogP contribution in [-0.4, -0.2) is 21.4 Å². The van der Waals surface area contributed by atoms with Crippen molar-refractivity contribution >= 4 is 23.5 Å². The standard InChI is InChI=1S/C15H18FN3OS/c1-10-8-14(19(3)18-10)17-15(20)9-21-11(2)12-4-6-13(16)7-5-12/h4-8,11H,9H2,1-3H3,(H,17,20)/t11-/m0/s1. The maximum Gasteiger partial charge on any atom is 0.235 e. The quantitative estimate of drug-likeness (QED) is 0.922. The number of rotatable bonds is 5. The summed E-state index contributed by atoms with van der Waals surface area (Å²) in [6.45, 7) is 3.88. The predicted molar refractivity (Wildman–Crippen MR) is 83.8 cm³/mol. The lowest BCUT2D eigenvalue weighted by Crippen LogP contribution is -2.16. The third kappa shape index (κ3) is 4.32. The molecule has 0 spiro atoms. The number of halogens is 1.